The molecule has 3 heterocycles. The van der Waals surface area contributed by atoms with Gasteiger partial charge >= 0.3 is 7.60 Å². The number of hydrogen-bond donors (Lipinski definition) is 5. The Labute approximate surface area is 220 Å². The zero-order valence-electron chi connectivity index (χ0n) is 21.0. The highest BCUT2D eigenvalue weighted by Crippen LogP contribution is 2.67. The summed E-state index contributed by atoms with van der Waals surface area (Å²) in [6.07, 6.45) is 4.31. The van der Waals surface area contributed by atoms with E-state index in [1.807, 2.05) is 0 Å². The Morgan fingerprint density at radius 3 is 2.49 bits per heavy atom. The first kappa shape index (κ1) is 25.9. The van der Waals surface area contributed by atoms with E-state index in [9.17, 15) is 14.8 Å². The number of aromatic nitrogens is 4. The summed E-state index contributed by atoms with van der Waals surface area (Å²) in [5.74, 6) is 1.25. The summed E-state index contributed by atoms with van der Waals surface area (Å²) >= 11 is 6.38. The van der Waals surface area contributed by atoms with Crippen LogP contribution in [0.1, 0.15) is 71.4 Å². The maximum Gasteiger partial charge on any atom is 0.325 e. The molecule has 7 rings (SSSR count). The lowest BCUT2D eigenvalue weighted by Crippen LogP contribution is -2.61. The van der Waals surface area contributed by atoms with Gasteiger partial charge in [-0.1, -0.05) is 13.8 Å². The molecule has 4 aliphatic carbocycles. The van der Waals surface area contributed by atoms with Gasteiger partial charge in [0.1, 0.15) is 12.2 Å². The zero-order valence-corrected chi connectivity index (χ0v) is 22.7. The van der Waals surface area contributed by atoms with E-state index in [2.05, 4.69) is 34.1 Å². The summed E-state index contributed by atoms with van der Waals surface area (Å²) in [5.41, 5.74) is 1.44. The maximum atomic E-state index is 11.2. The van der Waals surface area contributed by atoms with Crippen molar-refractivity contribution in [2.24, 2.45) is 16.7 Å². The van der Waals surface area contributed by atoms with Crippen LogP contribution in [0.4, 0.5) is 5.82 Å². The third-order valence-electron chi connectivity index (χ3n) is 8.95. The minimum absolute atomic E-state index is 0.0464. The number of aliphatic hydroxyl groups excluding tert-OH is 2. The van der Waals surface area contributed by atoms with Gasteiger partial charge in [0.25, 0.3) is 0 Å². The first-order chi connectivity index (χ1) is 17.3. The highest BCUT2D eigenvalue weighted by atomic mass is 35.5. The minimum atomic E-state index is -4.15. The summed E-state index contributed by atoms with van der Waals surface area (Å²) < 4.78 is 18.7. The van der Waals surface area contributed by atoms with Gasteiger partial charge in [-0.25, -0.2) is 4.98 Å². The summed E-state index contributed by atoms with van der Waals surface area (Å²) in [5, 5.41) is 25.1. The second-order valence-corrected chi connectivity index (χ2v) is 14.9. The Balaban J connectivity index is 1.27. The summed E-state index contributed by atoms with van der Waals surface area (Å²) in [6, 6.07) is 0. The Morgan fingerprint density at radius 1 is 1.14 bits per heavy atom. The molecule has 4 bridgehead atoms. The van der Waals surface area contributed by atoms with Crippen molar-refractivity contribution in [2.45, 2.75) is 95.3 Å². The maximum absolute atomic E-state index is 11.2. The summed E-state index contributed by atoms with van der Waals surface area (Å²) in [7, 11) is -4.15. The lowest BCUT2D eigenvalue weighted by Gasteiger charge is -2.65. The van der Waals surface area contributed by atoms with Gasteiger partial charge in [-0.05, 0) is 79.7 Å². The molecule has 0 aromatic carbocycles. The molecular weight excluding hydrogens is 521 g/mol. The molecule has 1 unspecified atom stereocenters. The number of anilines is 1. The monoisotopic (exact) mass is 555 g/mol. The first-order valence-corrected chi connectivity index (χ1v) is 15.2. The molecule has 0 radical (unpaired) electrons. The number of rotatable bonds is 7. The first-order valence-electron chi connectivity index (χ1n) is 13.0. The van der Waals surface area contributed by atoms with E-state index in [0.29, 0.717) is 33.7 Å². The van der Waals surface area contributed by atoms with Gasteiger partial charge in [0.05, 0.1) is 12.4 Å². The van der Waals surface area contributed by atoms with Crippen molar-refractivity contribution in [3.8, 4) is 0 Å². The van der Waals surface area contributed by atoms with E-state index >= 15 is 0 Å². The van der Waals surface area contributed by atoms with Crippen LogP contribution < -0.4 is 5.32 Å². The van der Waals surface area contributed by atoms with E-state index in [-0.39, 0.29) is 29.8 Å². The van der Waals surface area contributed by atoms with Crippen molar-refractivity contribution >= 4 is 36.2 Å². The highest BCUT2D eigenvalue weighted by Gasteiger charge is 2.60. The number of nitrogens with zero attached hydrogens (tertiary/aromatic N) is 4. The fraction of sp³-hybridized carbons (Fsp3) is 0.792. The lowest BCUT2D eigenvalue weighted by atomic mass is 9.43. The summed E-state index contributed by atoms with van der Waals surface area (Å²) in [6.45, 7) is 4.81. The van der Waals surface area contributed by atoms with E-state index in [0.717, 1.165) is 19.3 Å². The van der Waals surface area contributed by atoms with Crippen LogP contribution in [0.5, 0.6) is 0 Å². The lowest BCUT2D eigenvalue weighted by molar-refractivity contribution is -0.0973. The third kappa shape index (κ3) is 4.71. The number of ether oxygens (including phenoxy) is 1. The normalized spacial score (nSPS) is 41.1. The van der Waals surface area contributed by atoms with E-state index in [4.69, 9.17) is 26.1 Å². The van der Waals surface area contributed by atoms with E-state index in [1.165, 1.54) is 25.6 Å². The molecule has 5 fully saturated rings. The molecule has 13 heteroatoms. The number of nitrogens with one attached hydrogen (secondary N) is 1. The summed E-state index contributed by atoms with van der Waals surface area (Å²) in [4.78, 5) is 31.7. The largest absolute Gasteiger partial charge is 0.388 e. The van der Waals surface area contributed by atoms with Gasteiger partial charge in [0.2, 0.25) is 5.28 Å². The molecule has 11 nitrogen and oxygen atoms in total. The Kier molecular flexibility index (Phi) is 6.01. The fourth-order valence-electron chi connectivity index (χ4n) is 8.70. The predicted octanol–water partition coefficient (Wildman–Crippen LogP) is 3.22. The number of hydrogen-bond acceptors (Lipinski definition) is 8. The predicted molar refractivity (Wildman–Crippen MR) is 136 cm³/mol. The van der Waals surface area contributed by atoms with Crippen LogP contribution in [0, 0.1) is 16.7 Å². The highest BCUT2D eigenvalue weighted by molar-refractivity contribution is 7.51. The van der Waals surface area contributed by atoms with E-state index in [1.54, 1.807) is 4.57 Å². The molecule has 1 saturated heterocycles. The van der Waals surface area contributed by atoms with Crippen molar-refractivity contribution in [3.05, 3.63) is 11.6 Å². The Hall–Kier alpha value is -1.33. The van der Waals surface area contributed by atoms with Crippen molar-refractivity contribution in [1.82, 2.24) is 19.5 Å². The SMILES string of the molecule is C[C@]12C[C@@H]3C[C@](C)(C1)C[C@@](Nc1nc(Cl)nc4c1ncn4[C@@H]1O[C@H](CCCP(=O)(O)O)C(O)[C@@H]1O)(C3)C2. The minimum Gasteiger partial charge on any atom is -0.388 e. The van der Waals surface area contributed by atoms with Crippen LogP contribution in [0.25, 0.3) is 11.2 Å². The fourth-order valence-corrected chi connectivity index (χ4v) is 9.46. The van der Waals surface area contributed by atoms with E-state index < -0.39 is 32.1 Å². The molecule has 0 spiro atoms. The molecule has 5 N–H and O–H groups in total. The van der Waals surface area contributed by atoms with Gasteiger partial charge in [-0.15, -0.1) is 0 Å². The van der Waals surface area contributed by atoms with Crippen molar-refractivity contribution in [3.63, 3.8) is 0 Å². The Bertz CT molecular complexity index is 1250. The second-order valence-electron chi connectivity index (χ2n) is 12.8. The van der Waals surface area contributed by atoms with Crippen LogP contribution in [0.3, 0.4) is 0 Å². The zero-order chi connectivity index (χ0) is 26.4. The van der Waals surface area contributed by atoms with Crippen LogP contribution in [-0.2, 0) is 9.30 Å². The topological polar surface area (TPSA) is 163 Å². The molecule has 1 aliphatic heterocycles. The third-order valence-corrected chi connectivity index (χ3v) is 10.0. The molecule has 8 atom stereocenters. The van der Waals surface area contributed by atoms with Gasteiger partial charge in [-0.3, -0.25) is 9.13 Å². The van der Waals surface area contributed by atoms with Gasteiger partial charge in [0, 0.05) is 11.7 Å². The quantitative estimate of drug-likeness (QED) is 0.253. The number of fused-ring (bicyclic) bond motifs is 1. The average molecular weight is 556 g/mol. The standard InChI is InChI=1S/C24H35ClN5O6P/c1-22-6-13-7-23(2,9-22)11-24(8-13,10-22)29-18-15-19(28-21(25)27-18)30(12-26-15)20-17(32)16(31)14(36-20)4-3-5-37(33,34)35/h12-14,16-17,20,31-32H,3-11H2,1-2H3,(H,27,28,29)(H2,33,34,35)/t13-,14-,16?,17+,20-,22+,23-,24-/m1/s1. The smallest absolute Gasteiger partial charge is 0.325 e. The molecule has 204 valence electrons. The van der Waals surface area contributed by atoms with Crippen LogP contribution >= 0.6 is 19.2 Å². The van der Waals surface area contributed by atoms with Crippen LogP contribution in [-0.4, -0.2) is 69.5 Å². The molecule has 2 aromatic heterocycles. The van der Waals surface area contributed by atoms with Crippen molar-refractivity contribution < 1.29 is 29.3 Å². The molecule has 37 heavy (non-hydrogen) atoms. The average Bonchev–Trinajstić information content (AvgIpc) is 3.26. The molecule has 0 amide bonds. The van der Waals surface area contributed by atoms with Crippen molar-refractivity contribution in [2.75, 3.05) is 11.5 Å². The number of imidazole rings is 1. The van der Waals surface area contributed by atoms with Gasteiger partial charge in [-0.2, -0.15) is 9.97 Å². The van der Waals surface area contributed by atoms with Gasteiger partial charge in [0.15, 0.2) is 23.2 Å². The molecule has 4 saturated carbocycles. The molecule has 5 aliphatic rings. The Morgan fingerprint density at radius 2 is 1.84 bits per heavy atom. The van der Waals surface area contributed by atoms with Crippen LogP contribution in [0.15, 0.2) is 6.33 Å². The second kappa shape index (κ2) is 8.58. The molecule has 2 aromatic rings. The number of aliphatic hydroxyl groups is 2. The molecular formula is C24H35ClN5O6P. The van der Waals surface area contributed by atoms with Gasteiger partial charge < -0.3 is 30.1 Å². The number of halogens is 1. The van der Waals surface area contributed by atoms with Crippen LogP contribution in [0.2, 0.25) is 5.28 Å². The van der Waals surface area contributed by atoms with Crippen molar-refractivity contribution in [1.29, 1.82) is 0 Å².